The normalized spacial score (nSPS) is 14.1. The second-order valence-corrected chi connectivity index (χ2v) is 8.06. The molecule has 160 valence electrons. The molecule has 0 amide bonds. The first kappa shape index (κ1) is 26.1. The van der Waals surface area contributed by atoms with E-state index in [1.165, 1.54) is 14.2 Å². The fraction of sp³-hybridized carbons (Fsp3) is 0.600. The Labute approximate surface area is 168 Å². The molecule has 3 unspecified atom stereocenters. The molecule has 0 spiro atoms. The summed E-state index contributed by atoms with van der Waals surface area (Å²) >= 11 is 0. The number of esters is 2. The first-order valence-corrected chi connectivity index (χ1v) is 10.6. The number of methoxy groups -OCH3 is 2. The summed E-state index contributed by atoms with van der Waals surface area (Å²) in [6.07, 6.45) is 1.61. The molecule has 1 rings (SSSR count). The van der Waals surface area contributed by atoms with Gasteiger partial charge in [-0.25, -0.2) is 0 Å². The molecule has 7 nitrogen and oxygen atoms in total. The van der Waals surface area contributed by atoms with E-state index in [4.69, 9.17) is 0 Å². The first-order valence-electron chi connectivity index (χ1n) is 9.15. The second-order valence-electron chi connectivity index (χ2n) is 6.35. The van der Waals surface area contributed by atoms with Crippen LogP contribution >= 0.6 is 0 Å². The van der Waals surface area contributed by atoms with E-state index in [-0.39, 0.29) is 16.8 Å². The van der Waals surface area contributed by atoms with E-state index >= 15 is 0 Å². The van der Waals surface area contributed by atoms with Crippen molar-refractivity contribution in [1.29, 1.82) is 0 Å². The maximum Gasteiger partial charge on any atom is 0.309 e. The fourth-order valence-corrected chi connectivity index (χ4v) is 3.18. The van der Waals surface area contributed by atoms with Crippen molar-refractivity contribution < 1.29 is 31.7 Å². The molecule has 8 heteroatoms. The zero-order chi connectivity index (χ0) is 21.9. The van der Waals surface area contributed by atoms with Gasteiger partial charge in [0.2, 0.25) is 0 Å². The van der Waals surface area contributed by atoms with Crippen molar-refractivity contribution >= 4 is 22.1 Å². The molecule has 3 atom stereocenters. The number of carbonyl (C=O) groups is 2. The summed E-state index contributed by atoms with van der Waals surface area (Å²) in [5, 5.41) is 0. The lowest BCUT2D eigenvalue weighted by Gasteiger charge is -2.17. The Bertz CT molecular complexity index is 711. The van der Waals surface area contributed by atoms with Gasteiger partial charge in [-0.05, 0) is 36.5 Å². The van der Waals surface area contributed by atoms with E-state index in [0.29, 0.717) is 12.3 Å². The zero-order valence-electron chi connectivity index (χ0n) is 17.7. The largest absolute Gasteiger partial charge is 0.469 e. The van der Waals surface area contributed by atoms with Gasteiger partial charge in [0, 0.05) is 0 Å². The minimum Gasteiger partial charge on any atom is -0.469 e. The summed E-state index contributed by atoms with van der Waals surface area (Å²) in [5.41, 5.74) is 1.15. The Balaban J connectivity index is 0.000000528. The third kappa shape index (κ3) is 7.59. The molecule has 0 radical (unpaired) electrons. The van der Waals surface area contributed by atoms with E-state index < -0.39 is 22.0 Å². The highest BCUT2D eigenvalue weighted by atomic mass is 32.2. The highest BCUT2D eigenvalue weighted by Crippen LogP contribution is 2.21. The maximum atomic E-state index is 11.3. The predicted molar refractivity (Wildman–Crippen MR) is 106 cm³/mol. The number of hydrogen-bond acceptors (Lipinski definition) is 7. The molecule has 1 aromatic carbocycles. The minimum atomic E-state index is -3.55. The van der Waals surface area contributed by atoms with Crippen molar-refractivity contribution in [3.05, 3.63) is 29.8 Å². The van der Waals surface area contributed by atoms with E-state index in [9.17, 15) is 18.0 Å². The van der Waals surface area contributed by atoms with E-state index in [1.807, 2.05) is 19.1 Å². The number of rotatable bonds is 8. The van der Waals surface area contributed by atoms with Crippen LogP contribution in [-0.4, -0.2) is 41.7 Å². The van der Waals surface area contributed by atoms with Crippen molar-refractivity contribution in [3.63, 3.8) is 0 Å². The van der Waals surface area contributed by atoms with E-state index in [0.717, 1.165) is 19.1 Å². The lowest BCUT2D eigenvalue weighted by molar-refractivity contribution is -0.156. The average molecular weight is 417 g/mol. The molecule has 0 saturated heterocycles. The van der Waals surface area contributed by atoms with Crippen molar-refractivity contribution in [2.75, 3.05) is 21.3 Å². The van der Waals surface area contributed by atoms with Crippen molar-refractivity contribution in [2.45, 2.75) is 51.3 Å². The zero-order valence-corrected chi connectivity index (χ0v) is 18.5. The van der Waals surface area contributed by atoms with Crippen molar-refractivity contribution in [2.24, 2.45) is 11.8 Å². The summed E-state index contributed by atoms with van der Waals surface area (Å²) in [6, 6.07) is 6.83. The molecule has 0 aliphatic carbocycles. The quantitative estimate of drug-likeness (QED) is 0.472. The number of hydrogen-bond donors (Lipinski definition) is 0. The molecule has 0 bridgehead atoms. The molecule has 28 heavy (non-hydrogen) atoms. The van der Waals surface area contributed by atoms with Gasteiger partial charge >= 0.3 is 11.9 Å². The van der Waals surface area contributed by atoms with Crippen LogP contribution in [0.1, 0.15) is 52.0 Å². The Morgan fingerprint density at radius 2 is 1.39 bits per heavy atom. The Hall–Kier alpha value is -1.93. The molecule has 0 N–H and O–H groups in total. The molecule has 0 fully saturated rings. The van der Waals surface area contributed by atoms with Crippen LogP contribution in [-0.2, 0) is 33.4 Å². The lowest BCUT2D eigenvalue weighted by atomic mass is 9.92. The van der Waals surface area contributed by atoms with Gasteiger partial charge in [0.25, 0.3) is 10.1 Å². The van der Waals surface area contributed by atoms with Crippen molar-refractivity contribution in [1.82, 2.24) is 0 Å². The Kier molecular flexibility index (Phi) is 11.7. The van der Waals surface area contributed by atoms with Gasteiger partial charge < -0.3 is 9.47 Å². The molecule has 0 aliphatic rings. The van der Waals surface area contributed by atoms with Gasteiger partial charge in [-0.1, -0.05) is 39.8 Å². The third-order valence-corrected chi connectivity index (χ3v) is 5.98. The van der Waals surface area contributed by atoms with Gasteiger partial charge in [-0.15, -0.1) is 0 Å². The van der Waals surface area contributed by atoms with Crippen LogP contribution in [0, 0.1) is 11.8 Å². The van der Waals surface area contributed by atoms with Gasteiger partial charge in [-0.2, -0.15) is 8.42 Å². The average Bonchev–Trinajstić information content (AvgIpc) is 2.73. The summed E-state index contributed by atoms with van der Waals surface area (Å²) < 4.78 is 36.2. The molecule has 0 aromatic heterocycles. The third-order valence-electron chi connectivity index (χ3n) is 4.69. The van der Waals surface area contributed by atoms with E-state index in [1.54, 1.807) is 19.1 Å². The van der Waals surface area contributed by atoms with Crippen molar-refractivity contribution in [3.8, 4) is 0 Å². The number of benzene rings is 1. The van der Waals surface area contributed by atoms with Crippen LogP contribution < -0.4 is 0 Å². The van der Waals surface area contributed by atoms with Crippen LogP contribution in [0.4, 0.5) is 0 Å². The first-order chi connectivity index (χ1) is 13.1. The molecule has 1 aromatic rings. The molecule has 0 saturated carbocycles. The second kappa shape index (κ2) is 12.5. The van der Waals surface area contributed by atoms with Crippen LogP contribution in [0.15, 0.2) is 29.2 Å². The maximum absolute atomic E-state index is 11.3. The Morgan fingerprint density at radius 1 is 0.893 bits per heavy atom. The van der Waals surface area contributed by atoms with Crippen LogP contribution in [0.3, 0.4) is 0 Å². The summed E-state index contributed by atoms with van der Waals surface area (Å²) in [6.45, 7) is 7.71. The smallest absolute Gasteiger partial charge is 0.309 e. The van der Waals surface area contributed by atoms with Gasteiger partial charge in [0.1, 0.15) is 0 Å². The number of carbonyl (C=O) groups excluding carboxylic acids is 2. The van der Waals surface area contributed by atoms with Crippen LogP contribution in [0.2, 0.25) is 0 Å². The highest BCUT2D eigenvalue weighted by molar-refractivity contribution is 7.86. The lowest BCUT2D eigenvalue weighted by Crippen LogP contribution is -2.29. The summed E-state index contributed by atoms with van der Waals surface area (Å²) in [4.78, 5) is 22.5. The minimum absolute atomic E-state index is 0.206. The SMILES string of the molecule is CCC(C(=O)OC)C(C)C(=O)OC.CCC(C)c1ccc(S(=O)(=O)OC)cc1. The summed E-state index contributed by atoms with van der Waals surface area (Å²) in [5.74, 6) is -1.14. The van der Waals surface area contributed by atoms with E-state index in [2.05, 4.69) is 27.5 Å². The molecule has 0 aliphatic heterocycles. The fourth-order valence-electron chi connectivity index (χ4n) is 2.52. The van der Waals surface area contributed by atoms with Crippen LogP contribution in [0.25, 0.3) is 0 Å². The Morgan fingerprint density at radius 3 is 1.75 bits per heavy atom. The summed E-state index contributed by atoms with van der Waals surface area (Å²) in [7, 11) is 0.240. The van der Waals surface area contributed by atoms with Gasteiger partial charge in [-0.3, -0.25) is 13.8 Å². The topological polar surface area (TPSA) is 96.0 Å². The molecular formula is C20H32O7S. The molecule has 0 heterocycles. The van der Waals surface area contributed by atoms with Crippen LogP contribution in [0.5, 0.6) is 0 Å². The highest BCUT2D eigenvalue weighted by Gasteiger charge is 2.29. The standard InChI is InChI=1S/C11H16O3S.C9H16O4/c1-4-9(2)10-5-7-11(8-6-10)15(12,13)14-3;1-5-7(9(11)13-4)6(2)8(10)12-3/h5-9H,4H2,1-3H3;6-7H,5H2,1-4H3. The molecular weight excluding hydrogens is 384 g/mol. The predicted octanol–water partition coefficient (Wildman–Crippen LogP) is 3.53. The van der Waals surface area contributed by atoms with Gasteiger partial charge in [0.15, 0.2) is 0 Å². The monoisotopic (exact) mass is 416 g/mol. The van der Waals surface area contributed by atoms with Gasteiger partial charge in [0.05, 0.1) is 38.1 Å². The number of ether oxygens (including phenoxy) is 2.